The first-order valence-electron chi connectivity index (χ1n) is 6.57. The molecular weight excluding hydrogens is 264 g/mol. The highest BCUT2D eigenvalue weighted by Gasteiger charge is 2.29. The Balaban J connectivity index is 2.07. The lowest BCUT2D eigenvalue weighted by Crippen LogP contribution is -2.54. The van der Waals surface area contributed by atoms with Gasteiger partial charge < -0.3 is 10.1 Å². The van der Waals surface area contributed by atoms with Crippen molar-refractivity contribution >= 4 is 17.6 Å². The second kappa shape index (κ2) is 6.89. The van der Waals surface area contributed by atoms with Crippen molar-refractivity contribution in [2.45, 2.75) is 19.5 Å². The van der Waals surface area contributed by atoms with Crippen LogP contribution in [-0.2, 0) is 16.1 Å². The second-order valence-electron chi connectivity index (χ2n) is 4.53. The van der Waals surface area contributed by atoms with Crippen LogP contribution in [0.25, 0.3) is 0 Å². The highest BCUT2D eigenvalue weighted by molar-refractivity contribution is 6.31. The van der Waals surface area contributed by atoms with Gasteiger partial charge in [0.05, 0.1) is 6.61 Å². The summed E-state index contributed by atoms with van der Waals surface area (Å²) >= 11 is 6.17. The maximum absolute atomic E-state index is 11.9. The molecule has 0 radical (unpaired) electrons. The number of hydrogen-bond acceptors (Lipinski definition) is 4. The van der Waals surface area contributed by atoms with Gasteiger partial charge in [0.1, 0.15) is 6.04 Å². The van der Waals surface area contributed by atoms with Gasteiger partial charge >= 0.3 is 5.97 Å². The quantitative estimate of drug-likeness (QED) is 0.853. The fourth-order valence-electron chi connectivity index (χ4n) is 2.25. The number of benzene rings is 1. The summed E-state index contributed by atoms with van der Waals surface area (Å²) in [5, 5.41) is 3.97. The van der Waals surface area contributed by atoms with E-state index in [2.05, 4.69) is 10.2 Å². The van der Waals surface area contributed by atoms with Crippen molar-refractivity contribution in [3.63, 3.8) is 0 Å². The minimum absolute atomic E-state index is 0.165. The molecule has 1 aliphatic heterocycles. The lowest BCUT2D eigenvalue weighted by molar-refractivity contribution is -0.150. The molecule has 1 saturated heterocycles. The van der Waals surface area contributed by atoms with Gasteiger partial charge in [-0.25, -0.2) is 0 Å². The number of nitrogens with one attached hydrogen (secondary N) is 1. The van der Waals surface area contributed by atoms with E-state index in [0.29, 0.717) is 19.7 Å². The molecule has 1 aromatic carbocycles. The number of carbonyl (C=O) groups excluding carboxylic acids is 1. The Morgan fingerprint density at radius 2 is 2.32 bits per heavy atom. The zero-order chi connectivity index (χ0) is 13.7. The average Bonchev–Trinajstić information content (AvgIpc) is 2.42. The topological polar surface area (TPSA) is 41.6 Å². The van der Waals surface area contributed by atoms with Gasteiger partial charge in [-0.3, -0.25) is 9.69 Å². The summed E-state index contributed by atoms with van der Waals surface area (Å²) in [6, 6.07) is 7.50. The first-order valence-corrected chi connectivity index (χ1v) is 6.95. The summed E-state index contributed by atoms with van der Waals surface area (Å²) in [6.45, 7) is 5.23. The number of halogens is 1. The maximum atomic E-state index is 11.9. The zero-order valence-corrected chi connectivity index (χ0v) is 11.8. The van der Waals surface area contributed by atoms with Crippen LogP contribution in [0.2, 0.25) is 5.02 Å². The zero-order valence-electron chi connectivity index (χ0n) is 11.1. The summed E-state index contributed by atoms with van der Waals surface area (Å²) < 4.78 is 5.13. The SMILES string of the molecule is CCOC(=O)C1CNCCN1Cc1ccccc1Cl. The Labute approximate surface area is 118 Å². The van der Waals surface area contributed by atoms with Gasteiger partial charge in [0.2, 0.25) is 0 Å². The maximum Gasteiger partial charge on any atom is 0.324 e. The number of carbonyl (C=O) groups is 1. The molecule has 0 saturated carbocycles. The van der Waals surface area contributed by atoms with Crippen LogP contribution < -0.4 is 5.32 Å². The number of esters is 1. The highest BCUT2D eigenvalue weighted by Crippen LogP contribution is 2.19. The predicted octanol–water partition coefficient (Wildman–Crippen LogP) is 1.68. The molecule has 19 heavy (non-hydrogen) atoms. The summed E-state index contributed by atoms with van der Waals surface area (Å²) in [4.78, 5) is 14.1. The molecule has 1 N–H and O–H groups in total. The van der Waals surface area contributed by atoms with Crippen LogP contribution in [0, 0.1) is 0 Å². The number of piperazine rings is 1. The molecule has 1 atom stereocenters. The lowest BCUT2D eigenvalue weighted by atomic mass is 10.1. The van der Waals surface area contributed by atoms with Crippen LogP contribution in [0.5, 0.6) is 0 Å². The van der Waals surface area contributed by atoms with E-state index in [1.54, 1.807) is 0 Å². The van der Waals surface area contributed by atoms with Gasteiger partial charge in [0, 0.05) is 31.2 Å². The molecular formula is C14H19ClN2O2. The Bertz CT molecular complexity index is 439. The molecule has 1 aromatic rings. The van der Waals surface area contributed by atoms with Crippen molar-refractivity contribution in [2.75, 3.05) is 26.2 Å². The van der Waals surface area contributed by atoms with Crippen molar-refractivity contribution in [1.29, 1.82) is 0 Å². The van der Waals surface area contributed by atoms with Crippen LogP contribution in [0.4, 0.5) is 0 Å². The molecule has 104 valence electrons. The summed E-state index contributed by atoms with van der Waals surface area (Å²) in [5.74, 6) is -0.165. The van der Waals surface area contributed by atoms with Crippen molar-refractivity contribution in [3.05, 3.63) is 34.9 Å². The Kier molecular flexibility index (Phi) is 5.19. The van der Waals surface area contributed by atoms with Gasteiger partial charge in [-0.15, -0.1) is 0 Å². The van der Waals surface area contributed by atoms with E-state index in [4.69, 9.17) is 16.3 Å². The number of nitrogens with zero attached hydrogens (tertiary/aromatic N) is 1. The number of hydrogen-bond donors (Lipinski definition) is 1. The minimum atomic E-state index is -0.232. The monoisotopic (exact) mass is 282 g/mol. The fraction of sp³-hybridized carbons (Fsp3) is 0.500. The molecule has 5 heteroatoms. The van der Waals surface area contributed by atoms with Crippen LogP contribution >= 0.6 is 11.6 Å². The number of ether oxygens (including phenoxy) is 1. The summed E-state index contributed by atoms with van der Waals surface area (Å²) in [5.41, 5.74) is 1.04. The van der Waals surface area contributed by atoms with Crippen molar-refractivity contribution < 1.29 is 9.53 Å². The van der Waals surface area contributed by atoms with Crippen LogP contribution in [-0.4, -0.2) is 43.2 Å². The van der Waals surface area contributed by atoms with E-state index in [1.807, 2.05) is 31.2 Å². The van der Waals surface area contributed by atoms with E-state index < -0.39 is 0 Å². The van der Waals surface area contributed by atoms with E-state index in [0.717, 1.165) is 23.7 Å². The van der Waals surface area contributed by atoms with Gasteiger partial charge in [0.25, 0.3) is 0 Å². The van der Waals surface area contributed by atoms with Crippen LogP contribution in [0.1, 0.15) is 12.5 Å². The largest absolute Gasteiger partial charge is 0.465 e. The third-order valence-electron chi connectivity index (χ3n) is 3.24. The fourth-order valence-corrected chi connectivity index (χ4v) is 2.45. The molecule has 0 amide bonds. The van der Waals surface area contributed by atoms with Gasteiger partial charge in [-0.2, -0.15) is 0 Å². The van der Waals surface area contributed by atoms with Crippen LogP contribution in [0.3, 0.4) is 0 Å². The molecule has 4 nitrogen and oxygen atoms in total. The normalized spacial score (nSPS) is 20.2. The van der Waals surface area contributed by atoms with Crippen molar-refractivity contribution in [3.8, 4) is 0 Å². The van der Waals surface area contributed by atoms with Gasteiger partial charge in [-0.1, -0.05) is 29.8 Å². The van der Waals surface area contributed by atoms with E-state index in [-0.39, 0.29) is 12.0 Å². The third-order valence-corrected chi connectivity index (χ3v) is 3.61. The van der Waals surface area contributed by atoms with E-state index >= 15 is 0 Å². The molecule has 0 aromatic heterocycles. The first-order chi connectivity index (χ1) is 9.22. The van der Waals surface area contributed by atoms with Crippen LogP contribution in [0.15, 0.2) is 24.3 Å². The Morgan fingerprint density at radius 3 is 3.05 bits per heavy atom. The number of rotatable bonds is 4. The average molecular weight is 283 g/mol. The molecule has 2 rings (SSSR count). The van der Waals surface area contributed by atoms with Crippen molar-refractivity contribution in [2.24, 2.45) is 0 Å². The molecule has 0 aliphatic carbocycles. The molecule has 1 heterocycles. The molecule has 1 fully saturated rings. The predicted molar refractivity (Wildman–Crippen MR) is 75.2 cm³/mol. The Hall–Kier alpha value is -1.10. The molecule has 1 aliphatic rings. The summed E-state index contributed by atoms with van der Waals surface area (Å²) in [7, 11) is 0. The van der Waals surface area contributed by atoms with Gasteiger partial charge in [-0.05, 0) is 18.6 Å². The molecule has 0 spiro atoms. The summed E-state index contributed by atoms with van der Waals surface area (Å²) in [6.07, 6.45) is 0. The smallest absolute Gasteiger partial charge is 0.324 e. The molecule has 0 bridgehead atoms. The Morgan fingerprint density at radius 1 is 1.53 bits per heavy atom. The minimum Gasteiger partial charge on any atom is -0.465 e. The van der Waals surface area contributed by atoms with E-state index in [1.165, 1.54) is 0 Å². The highest BCUT2D eigenvalue weighted by atomic mass is 35.5. The van der Waals surface area contributed by atoms with Gasteiger partial charge in [0.15, 0.2) is 0 Å². The second-order valence-corrected chi connectivity index (χ2v) is 4.94. The van der Waals surface area contributed by atoms with E-state index in [9.17, 15) is 4.79 Å². The molecule has 1 unspecified atom stereocenters. The van der Waals surface area contributed by atoms with Crippen molar-refractivity contribution in [1.82, 2.24) is 10.2 Å². The first kappa shape index (κ1) is 14.3. The third kappa shape index (κ3) is 3.69. The standard InChI is InChI=1S/C14H19ClN2O2/c1-2-19-14(18)13-9-16-7-8-17(13)10-11-5-3-4-6-12(11)15/h3-6,13,16H,2,7-10H2,1H3. The lowest BCUT2D eigenvalue weighted by Gasteiger charge is -2.34.